The minimum Gasteiger partial charge on any atom is -0.486 e. The van der Waals surface area contributed by atoms with Crippen LogP contribution in [0.3, 0.4) is 0 Å². The lowest BCUT2D eigenvalue weighted by Gasteiger charge is -2.20. The maximum Gasteiger partial charge on any atom is 0.252 e. The van der Waals surface area contributed by atoms with Crippen LogP contribution in [0.25, 0.3) is 0 Å². The molecule has 28 heavy (non-hydrogen) atoms. The van der Waals surface area contributed by atoms with Crippen LogP contribution in [0.5, 0.6) is 11.5 Å². The highest BCUT2D eigenvalue weighted by molar-refractivity contribution is 5.79. The number of fused-ring (bicyclic) bond motifs is 1. The molecule has 3 heterocycles. The van der Waals surface area contributed by atoms with Crippen molar-refractivity contribution in [2.45, 2.75) is 32.2 Å². The molecule has 1 aromatic carbocycles. The molecule has 2 N–H and O–H groups in total. The van der Waals surface area contributed by atoms with Crippen molar-refractivity contribution < 1.29 is 14.3 Å². The third-order valence-electron chi connectivity index (χ3n) is 4.95. The van der Waals surface area contributed by atoms with Gasteiger partial charge in [-0.2, -0.15) is 0 Å². The Bertz CT molecular complexity index is 921. The number of benzene rings is 1. The molecular weight excluding hydrogens is 360 g/mol. The molecule has 1 atom stereocenters. The Balaban J connectivity index is 1.42. The summed E-state index contributed by atoms with van der Waals surface area (Å²) in [5.41, 5.74) is 1.19. The van der Waals surface area contributed by atoms with Crippen LogP contribution in [0.2, 0.25) is 0 Å². The number of amides is 1. The third kappa shape index (κ3) is 4.11. The second-order valence-corrected chi connectivity index (χ2v) is 7.13. The standard InChI is InChI=1S/C20H24N4O4/c1-13(15-12-19(26)23-20(22-15)24-6-2-3-7-24)21-18(25)11-14-4-5-16-17(10-14)28-9-8-27-16/h4-5,10,12-13H,2-3,6-9,11H2,1H3,(H,21,25)(H,22,23,26)/t13-/m0/s1. The van der Waals surface area contributed by atoms with Crippen LogP contribution in [0.1, 0.15) is 37.1 Å². The number of H-pyrrole nitrogens is 1. The molecule has 0 radical (unpaired) electrons. The molecule has 2 aliphatic heterocycles. The second kappa shape index (κ2) is 7.92. The summed E-state index contributed by atoms with van der Waals surface area (Å²) >= 11 is 0. The Kier molecular flexibility index (Phi) is 5.18. The van der Waals surface area contributed by atoms with Crippen molar-refractivity contribution in [1.29, 1.82) is 0 Å². The van der Waals surface area contributed by atoms with Gasteiger partial charge in [0.25, 0.3) is 5.56 Å². The summed E-state index contributed by atoms with van der Waals surface area (Å²) in [5, 5.41) is 2.92. The lowest BCUT2D eigenvalue weighted by molar-refractivity contribution is -0.121. The molecule has 148 valence electrons. The maximum absolute atomic E-state index is 12.5. The van der Waals surface area contributed by atoms with Gasteiger partial charge in [-0.15, -0.1) is 0 Å². The molecule has 0 aliphatic carbocycles. The molecule has 1 aromatic heterocycles. The Morgan fingerprint density at radius 1 is 1.21 bits per heavy atom. The number of carbonyl (C=O) groups excluding carboxylic acids is 1. The van der Waals surface area contributed by atoms with Crippen LogP contribution < -0.4 is 25.2 Å². The van der Waals surface area contributed by atoms with Crippen LogP contribution in [0, 0.1) is 0 Å². The number of nitrogens with zero attached hydrogens (tertiary/aromatic N) is 2. The quantitative estimate of drug-likeness (QED) is 0.812. The summed E-state index contributed by atoms with van der Waals surface area (Å²) in [5.74, 6) is 1.80. The lowest BCUT2D eigenvalue weighted by atomic mass is 10.1. The number of hydrogen-bond acceptors (Lipinski definition) is 6. The SMILES string of the molecule is C[C@H](NC(=O)Cc1ccc2c(c1)OCCO2)c1cc(=O)[nH]c(N2CCCC2)n1. The van der Waals surface area contributed by atoms with E-state index in [9.17, 15) is 9.59 Å². The van der Waals surface area contributed by atoms with Gasteiger partial charge in [0.05, 0.1) is 18.2 Å². The van der Waals surface area contributed by atoms with Gasteiger partial charge in [0, 0.05) is 19.2 Å². The van der Waals surface area contributed by atoms with Crippen LogP contribution in [0.4, 0.5) is 5.95 Å². The molecule has 1 amide bonds. The average Bonchev–Trinajstić information content (AvgIpc) is 3.22. The zero-order valence-electron chi connectivity index (χ0n) is 15.9. The molecule has 8 heteroatoms. The highest BCUT2D eigenvalue weighted by atomic mass is 16.6. The Morgan fingerprint density at radius 3 is 2.75 bits per heavy atom. The number of hydrogen-bond donors (Lipinski definition) is 2. The van der Waals surface area contributed by atoms with Gasteiger partial charge in [0.2, 0.25) is 11.9 Å². The number of anilines is 1. The van der Waals surface area contributed by atoms with Gasteiger partial charge in [-0.3, -0.25) is 14.6 Å². The summed E-state index contributed by atoms with van der Waals surface area (Å²) in [7, 11) is 0. The van der Waals surface area contributed by atoms with Gasteiger partial charge in [-0.05, 0) is 37.5 Å². The van der Waals surface area contributed by atoms with Gasteiger partial charge in [0.15, 0.2) is 11.5 Å². The highest BCUT2D eigenvalue weighted by Gasteiger charge is 2.19. The molecule has 0 spiro atoms. The van der Waals surface area contributed by atoms with Crippen LogP contribution in [-0.4, -0.2) is 42.2 Å². The van der Waals surface area contributed by atoms with Gasteiger partial charge in [-0.1, -0.05) is 6.07 Å². The number of aromatic amines is 1. The van der Waals surface area contributed by atoms with E-state index in [1.165, 1.54) is 6.07 Å². The Hall–Kier alpha value is -3.03. The average molecular weight is 384 g/mol. The molecular formula is C20H24N4O4. The molecule has 1 saturated heterocycles. The number of ether oxygens (including phenoxy) is 2. The monoisotopic (exact) mass is 384 g/mol. The second-order valence-electron chi connectivity index (χ2n) is 7.13. The minimum atomic E-state index is -0.367. The molecule has 1 fully saturated rings. The number of carbonyl (C=O) groups is 1. The normalized spacial score (nSPS) is 16.7. The Labute approximate surface area is 162 Å². The van der Waals surface area contributed by atoms with Crippen molar-refractivity contribution >= 4 is 11.9 Å². The Morgan fingerprint density at radius 2 is 1.96 bits per heavy atom. The largest absolute Gasteiger partial charge is 0.486 e. The number of nitrogens with one attached hydrogen (secondary N) is 2. The number of aromatic nitrogens is 2. The topological polar surface area (TPSA) is 96.5 Å². The summed E-state index contributed by atoms with van der Waals surface area (Å²) in [4.78, 5) is 33.9. The van der Waals surface area contributed by atoms with E-state index in [1.807, 2.05) is 25.1 Å². The molecule has 8 nitrogen and oxygen atoms in total. The van der Waals surface area contributed by atoms with E-state index in [4.69, 9.17) is 9.47 Å². The zero-order valence-corrected chi connectivity index (χ0v) is 15.9. The van der Waals surface area contributed by atoms with E-state index >= 15 is 0 Å². The van der Waals surface area contributed by atoms with E-state index < -0.39 is 0 Å². The molecule has 2 aromatic rings. The smallest absolute Gasteiger partial charge is 0.252 e. The summed E-state index contributed by atoms with van der Waals surface area (Å²) in [6.45, 7) is 4.64. The van der Waals surface area contributed by atoms with Gasteiger partial charge >= 0.3 is 0 Å². The predicted octanol–water partition coefficient (Wildman–Crippen LogP) is 1.56. The fourth-order valence-corrected chi connectivity index (χ4v) is 3.51. The molecule has 0 bridgehead atoms. The maximum atomic E-state index is 12.5. The van der Waals surface area contributed by atoms with Gasteiger partial charge in [0.1, 0.15) is 13.2 Å². The highest BCUT2D eigenvalue weighted by Crippen LogP contribution is 2.30. The van der Waals surface area contributed by atoms with Crippen LogP contribution in [-0.2, 0) is 11.2 Å². The summed E-state index contributed by atoms with van der Waals surface area (Å²) in [6.07, 6.45) is 2.40. The van der Waals surface area contributed by atoms with Crippen molar-refractivity contribution in [2.24, 2.45) is 0 Å². The lowest BCUT2D eigenvalue weighted by Crippen LogP contribution is -2.31. The van der Waals surface area contributed by atoms with Gasteiger partial charge in [-0.25, -0.2) is 4.98 Å². The van der Waals surface area contributed by atoms with Crippen LogP contribution in [0.15, 0.2) is 29.1 Å². The van der Waals surface area contributed by atoms with Gasteiger partial charge < -0.3 is 19.7 Å². The van der Waals surface area contributed by atoms with Crippen molar-refractivity contribution in [3.63, 3.8) is 0 Å². The van der Waals surface area contributed by atoms with E-state index in [0.717, 1.165) is 31.5 Å². The first-order chi connectivity index (χ1) is 13.6. The fourth-order valence-electron chi connectivity index (χ4n) is 3.51. The molecule has 4 rings (SSSR count). The van der Waals surface area contributed by atoms with Crippen molar-refractivity contribution in [3.05, 3.63) is 45.9 Å². The predicted molar refractivity (Wildman–Crippen MR) is 104 cm³/mol. The van der Waals surface area contributed by atoms with E-state index in [-0.39, 0.29) is 23.9 Å². The molecule has 0 unspecified atom stereocenters. The zero-order chi connectivity index (χ0) is 19.5. The first kappa shape index (κ1) is 18.3. The first-order valence-electron chi connectivity index (χ1n) is 9.62. The van der Waals surface area contributed by atoms with Crippen LogP contribution >= 0.6 is 0 Å². The number of rotatable bonds is 5. The van der Waals surface area contributed by atoms with Crippen molar-refractivity contribution in [3.8, 4) is 11.5 Å². The van der Waals surface area contributed by atoms with E-state index in [0.29, 0.717) is 36.4 Å². The molecule has 0 saturated carbocycles. The van der Waals surface area contributed by atoms with Crippen molar-refractivity contribution in [1.82, 2.24) is 15.3 Å². The van der Waals surface area contributed by atoms with E-state index in [1.54, 1.807) is 0 Å². The minimum absolute atomic E-state index is 0.144. The van der Waals surface area contributed by atoms with E-state index in [2.05, 4.69) is 20.2 Å². The fraction of sp³-hybridized carbons (Fsp3) is 0.450. The molecule has 2 aliphatic rings. The summed E-state index contributed by atoms with van der Waals surface area (Å²) < 4.78 is 11.1. The third-order valence-corrected chi connectivity index (χ3v) is 4.95. The first-order valence-corrected chi connectivity index (χ1v) is 9.62. The summed E-state index contributed by atoms with van der Waals surface area (Å²) in [6, 6.07) is 6.58. The van der Waals surface area contributed by atoms with Crippen molar-refractivity contribution in [2.75, 3.05) is 31.2 Å².